The van der Waals surface area contributed by atoms with Crippen molar-refractivity contribution in [2.24, 2.45) is 0 Å². The molecule has 0 radical (unpaired) electrons. The number of hydrogen-bond donors (Lipinski definition) is 1. The SMILES string of the molecule is C#CCN(CC)c1c(F)cccc1[C@@H](C)O. The van der Waals surface area contributed by atoms with Crippen molar-refractivity contribution in [3.05, 3.63) is 29.6 Å². The number of nitrogens with zero attached hydrogens (tertiary/aromatic N) is 1. The Morgan fingerprint density at radius 2 is 2.25 bits per heavy atom. The van der Waals surface area contributed by atoms with Crippen molar-refractivity contribution >= 4 is 5.69 Å². The number of benzene rings is 1. The number of aliphatic hydroxyl groups excluding tert-OH is 1. The lowest BCUT2D eigenvalue weighted by atomic mass is 10.1. The van der Waals surface area contributed by atoms with E-state index in [9.17, 15) is 9.50 Å². The van der Waals surface area contributed by atoms with Gasteiger partial charge in [0.05, 0.1) is 18.3 Å². The molecule has 0 spiro atoms. The van der Waals surface area contributed by atoms with Crippen LogP contribution in [0.2, 0.25) is 0 Å². The zero-order valence-corrected chi connectivity index (χ0v) is 9.57. The van der Waals surface area contributed by atoms with Crippen LogP contribution < -0.4 is 4.90 Å². The highest BCUT2D eigenvalue weighted by Crippen LogP contribution is 2.28. The van der Waals surface area contributed by atoms with Crippen LogP contribution >= 0.6 is 0 Å². The maximum Gasteiger partial charge on any atom is 0.146 e. The highest BCUT2D eigenvalue weighted by molar-refractivity contribution is 5.56. The molecule has 0 heterocycles. The smallest absolute Gasteiger partial charge is 0.146 e. The molecule has 0 aromatic heterocycles. The summed E-state index contributed by atoms with van der Waals surface area (Å²) in [5.74, 6) is 2.14. The van der Waals surface area contributed by atoms with Gasteiger partial charge < -0.3 is 10.0 Å². The van der Waals surface area contributed by atoms with Gasteiger partial charge in [-0.1, -0.05) is 18.1 Å². The lowest BCUT2D eigenvalue weighted by molar-refractivity contribution is 0.199. The Labute approximate surface area is 95.7 Å². The predicted octanol–water partition coefficient (Wildman–Crippen LogP) is 2.34. The van der Waals surface area contributed by atoms with Gasteiger partial charge in [-0.25, -0.2) is 4.39 Å². The Morgan fingerprint density at radius 3 is 2.75 bits per heavy atom. The van der Waals surface area contributed by atoms with Crippen LogP contribution in [0.1, 0.15) is 25.5 Å². The summed E-state index contributed by atoms with van der Waals surface area (Å²) in [5.41, 5.74) is 0.968. The van der Waals surface area contributed by atoms with Gasteiger partial charge in [0.15, 0.2) is 0 Å². The quantitative estimate of drug-likeness (QED) is 0.789. The second-order valence-electron chi connectivity index (χ2n) is 3.57. The summed E-state index contributed by atoms with van der Waals surface area (Å²) >= 11 is 0. The maximum absolute atomic E-state index is 13.7. The highest BCUT2D eigenvalue weighted by atomic mass is 19.1. The molecular formula is C13H16FNO. The van der Waals surface area contributed by atoms with Crippen LogP contribution in [0.5, 0.6) is 0 Å². The van der Waals surface area contributed by atoms with Gasteiger partial charge in [-0.3, -0.25) is 0 Å². The minimum atomic E-state index is -0.711. The van der Waals surface area contributed by atoms with E-state index in [0.29, 0.717) is 24.3 Å². The van der Waals surface area contributed by atoms with E-state index in [1.165, 1.54) is 6.07 Å². The fourth-order valence-electron chi connectivity index (χ4n) is 1.66. The Balaban J connectivity index is 3.23. The molecule has 0 aliphatic carbocycles. The molecule has 0 saturated heterocycles. The Kier molecular flexibility index (Phi) is 4.33. The van der Waals surface area contributed by atoms with Gasteiger partial charge >= 0.3 is 0 Å². The highest BCUT2D eigenvalue weighted by Gasteiger charge is 2.16. The number of para-hydroxylation sites is 1. The zero-order chi connectivity index (χ0) is 12.1. The number of hydrogen-bond acceptors (Lipinski definition) is 2. The normalized spacial score (nSPS) is 11.9. The number of anilines is 1. The fourth-order valence-corrected chi connectivity index (χ4v) is 1.66. The van der Waals surface area contributed by atoms with Crippen LogP contribution in [-0.2, 0) is 0 Å². The third-order valence-corrected chi connectivity index (χ3v) is 2.45. The molecule has 86 valence electrons. The average Bonchev–Trinajstić information content (AvgIpc) is 2.26. The van der Waals surface area contributed by atoms with Crippen LogP contribution in [0.3, 0.4) is 0 Å². The number of terminal acetylenes is 1. The summed E-state index contributed by atoms with van der Waals surface area (Å²) in [7, 11) is 0. The van der Waals surface area contributed by atoms with Gasteiger partial charge in [-0.05, 0) is 19.9 Å². The second kappa shape index (κ2) is 5.53. The standard InChI is InChI=1S/C13H16FNO/c1-4-9-15(5-2)13-11(10(3)16)7-6-8-12(13)14/h1,6-8,10,16H,5,9H2,2-3H3/t10-/m1/s1. The number of aliphatic hydroxyl groups is 1. The van der Waals surface area contributed by atoms with E-state index in [2.05, 4.69) is 5.92 Å². The first-order valence-electron chi connectivity index (χ1n) is 5.26. The number of rotatable bonds is 4. The Morgan fingerprint density at radius 1 is 1.56 bits per heavy atom. The summed E-state index contributed by atoms with van der Waals surface area (Å²) in [6, 6.07) is 4.67. The molecule has 1 aromatic rings. The molecule has 3 heteroatoms. The Hall–Kier alpha value is -1.53. The number of halogens is 1. The van der Waals surface area contributed by atoms with E-state index in [1.807, 2.05) is 6.92 Å². The monoisotopic (exact) mass is 221 g/mol. The summed E-state index contributed by atoms with van der Waals surface area (Å²) in [5, 5.41) is 9.60. The molecule has 1 N–H and O–H groups in total. The Bertz CT molecular complexity index is 395. The third kappa shape index (κ3) is 2.53. The fraction of sp³-hybridized carbons (Fsp3) is 0.385. The zero-order valence-electron chi connectivity index (χ0n) is 9.57. The first kappa shape index (κ1) is 12.5. The molecule has 0 fully saturated rings. The van der Waals surface area contributed by atoms with Gasteiger partial charge in [-0.2, -0.15) is 0 Å². The predicted molar refractivity (Wildman–Crippen MR) is 63.8 cm³/mol. The van der Waals surface area contributed by atoms with Crippen molar-refractivity contribution in [2.45, 2.75) is 20.0 Å². The molecule has 0 amide bonds. The van der Waals surface area contributed by atoms with E-state index < -0.39 is 6.10 Å². The average molecular weight is 221 g/mol. The van der Waals surface area contributed by atoms with Crippen LogP contribution in [0.15, 0.2) is 18.2 Å². The van der Waals surface area contributed by atoms with Crippen molar-refractivity contribution < 1.29 is 9.50 Å². The van der Waals surface area contributed by atoms with Crippen molar-refractivity contribution in [3.63, 3.8) is 0 Å². The minimum Gasteiger partial charge on any atom is -0.389 e. The maximum atomic E-state index is 13.7. The van der Waals surface area contributed by atoms with Crippen molar-refractivity contribution in [1.29, 1.82) is 0 Å². The van der Waals surface area contributed by atoms with Crippen LogP contribution in [0, 0.1) is 18.2 Å². The molecule has 0 saturated carbocycles. The molecule has 0 bridgehead atoms. The molecule has 16 heavy (non-hydrogen) atoms. The van der Waals surface area contributed by atoms with E-state index >= 15 is 0 Å². The van der Waals surface area contributed by atoms with Crippen molar-refractivity contribution in [2.75, 3.05) is 18.0 Å². The molecule has 1 rings (SSSR count). The molecule has 1 aromatic carbocycles. The summed E-state index contributed by atoms with van der Waals surface area (Å²) in [6.07, 6.45) is 4.53. The first-order chi connectivity index (χ1) is 7.61. The van der Waals surface area contributed by atoms with Crippen molar-refractivity contribution in [3.8, 4) is 12.3 Å². The summed E-state index contributed by atoms with van der Waals surface area (Å²) < 4.78 is 13.7. The lowest BCUT2D eigenvalue weighted by Gasteiger charge is -2.25. The largest absolute Gasteiger partial charge is 0.389 e. The van der Waals surface area contributed by atoms with E-state index in [1.54, 1.807) is 24.0 Å². The lowest BCUT2D eigenvalue weighted by Crippen LogP contribution is -2.25. The molecule has 0 aliphatic heterocycles. The van der Waals surface area contributed by atoms with E-state index in [4.69, 9.17) is 6.42 Å². The molecule has 0 aliphatic rings. The van der Waals surface area contributed by atoms with Gasteiger partial charge in [0.2, 0.25) is 0 Å². The van der Waals surface area contributed by atoms with Gasteiger partial charge in [0.25, 0.3) is 0 Å². The van der Waals surface area contributed by atoms with Crippen molar-refractivity contribution in [1.82, 2.24) is 0 Å². The molecule has 0 unspecified atom stereocenters. The summed E-state index contributed by atoms with van der Waals surface area (Å²) in [6.45, 7) is 4.44. The molecule has 1 atom stereocenters. The van der Waals surface area contributed by atoms with Crippen LogP contribution in [0.25, 0.3) is 0 Å². The van der Waals surface area contributed by atoms with Gasteiger partial charge in [0, 0.05) is 12.1 Å². The van der Waals surface area contributed by atoms with Crippen LogP contribution in [0.4, 0.5) is 10.1 Å². The van der Waals surface area contributed by atoms with Crippen LogP contribution in [-0.4, -0.2) is 18.2 Å². The summed E-state index contributed by atoms with van der Waals surface area (Å²) in [4.78, 5) is 1.73. The third-order valence-electron chi connectivity index (χ3n) is 2.45. The minimum absolute atomic E-state index is 0.331. The van der Waals surface area contributed by atoms with Gasteiger partial charge in [0.1, 0.15) is 5.82 Å². The van der Waals surface area contributed by atoms with Gasteiger partial charge in [-0.15, -0.1) is 6.42 Å². The van der Waals surface area contributed by atoms with E-state index in [-0.39, 0.29) is 5.82 Å². The van der Waals surface area contributed by atoms with E-state index in [0.717, 1.165) is 0 Å². The molecular weight excluding hydrogens is 205 g/mol. The second-order valence-corrected chi connectivity index (χ2v) is 3.57. The molecule has 2 nitrogen and oxygen atoms in total. The topological polar surface area (TPSA) is 23.5 Å². The first-order valence-corrected chi connectivity index (χ1v) is 5.26.